The Morgan fingerprint density at radius 3 is 2.22 bits per heavy atom. The number of hydrogen-bond donors (Lipinski definition) is 0. The van der Waals surface area contributed by atoms with E-state index >= 15 is 0 Å². The number of hydrogen-bond acceptors (Lipinski definition) is 4. The Hall–Kier alpha value is -4.20. The van der Waals surface area contributed by atoms with Crippen molar-refractivity contribution < 1.29 is 27.5 Å². The average Bonchev–Trinajstić information content (AvgIpc) is 3.29. The summed E-state index contributed by atoms with van der Waals surface area (Å²) in [6.07, 6.45) is -0.931. The van der Waals surface area contributed by atoms with Crippen molar-refractivity contribution >= 4 is 11.6 Å². The van der Waals surface area contributed by atoms with Crippen LogP contribution in [0.25, 0.3) is 11.1 Å². The topological polar surface area (TPSA) is 61.2 Å². The molecule has 0 spiro atoms. The molecule has 0 radical (unpaired) electrons. The van der Waals surface area contributed by atoms with Gasteiger partial charge < -0.3 is 4.74 Å². The highest BCUT2D eigenvalue weighted by molar-refractivity contribution is 6.01. The SMILES string of the molecule is COc1cc(-c2cnn(C)c2)ccc1C(=O)Cc1cccc(CC(=O)c2cccc(C(F)(F)F)c2)c1. The normalized spacial score (nSPS) is 11.4. The van der Waals surface area contributed by atoms with Gasteiger partial charge in [0.2, 0.25) is 0 Å². The number of aryl methyl sites for hydroxylation is 1. The molecule has 8 heteroatoms. The molecule has 0 atom stereocenters. The quantitative estimate of drug-likeness (QED) is 0.285. The minimum Gasteiger partial charge on any atom is -0.496 e. The van der Waals surface area contributed by atoms with E-state index < -0.39 is 17.5 Å². The Kier molecular flexibility index (Phi) is 7.05. The molecule has 0 aliphatic rings. The van der Waals surface area contributed by atoms with Gasteiger partial charge in [-0.25, -0.2) is 0 Å². The van der Waals surface area contributed by atoms with Gasteiger partial charge in [-0.05, 0) is 41.0 Å². The van der Waals surface area contributed by atoms with Crippen molar-refractivity contribution in [2.24, 2.45) is 7.05 Å². The Morgan fingerprint density at radius 2 is 1.58 bits per heavy atom. The van der Waals surface area contributed by atoms with Crippen LogP contribution in [0.3, 0.4) is 0 Å². The third-order valence-electron chi connectivity index (χ3n) is 5.77. The van der Waals surface area contributed by atoms with E-state index in [4.69, 9.17) is 4.74 Å². The van der Waals surface area contributed by atoms with Crippen molar-refractivity contribution in [2.75, 3.05) is 7.11 Å². The van der Waals surface area contributed by atoms with Gasteiger partial charge in [0.15, 0.2) is 11.6 Å². The highest BCUT2D eigenvalue weighted by Gasteiger charge is 2.30. The Bertz CT molecular complexity index is 1420. The molecule has 36 heavy (non-hydrogen) atoms. The zero-order valence-electron chi connectivity index (χ0n) is 19.7. The molecular weight excluding hydrogens is 469 g/mol. The van der Waals surface area contributed by atoms with Crippen molar-refractivity contribution in [2.45, 2.75) is 19.0 Å². The minimum atomic E-state index is -4.52. The molecule has 184 valence electrons. The standard InChI is InChI=1S/C28H23F3N2O3/c1-33-17-22(16-32-33)20-9-10-24(27(15-20)36-2)26(35)13-19-6-3-5-18(11-19)12-25(34)21-7-4-8-23(14-21)28(29,30)31/h3-11,14-17H,12-13H2,1-2H3. The molecule has 0 fully saturated rings. The van der Waals surface area contributed by atoms with E-state index in [1.54, 1.807) is 47.3 Å². The first kappa shape index (κ1) is 24.9. The molecule has 4 rings (SSSR count). The van der Waals surface area contributed by atoms with Crippen LogP contribution < -0.4 is 4.74 Å². The van der Waals surface area contributed by atoms with E-state index in [1.807, 2.05) is 19.3 Å². The second kappa shape index (κ2) is 10.2. The van der Waals surface area contributed by atoms with Crippen LogP contribution in [0, 0.1) is 0 Å². The Labute approximate surface area is 206 Å². The summed E-state index contributed by atoms with van der Waals surface area (Å²) in [5.41, 5.74) is 2.62. The number of methoxy groups -OCH3 is 1. The van der Waals surface area contributed by atoms with Gasteiger partial charge in [-0.2, -0.15) is 18.3 Å². The van der Waals surface area contributed by atoms with Gasteiger partial charge in [0.1, 0.15) is 5.75 Å². The fraction of sp³-hybridized carbons (Fsp3) is 0.179. The maximum Gasteiger partial charge on any atom is 0.416 e. The highest BCUT2D eigenvalue weighted by Crippen LogP contribution is 2.30. The molecule has 0 saturated heterocycles. The van der Waals surface area contributed by atoms with Crippen LogP contribution in [0.4, 0.5) is 13.2 Å². The van der Waals surface area contributed by atoms with Crippen LogP contribution >= 0.6 is 0 Å². The number of benzene rings is 3. The smallest absolute Gasteiger partial charge is 0.416 e. The predicted octanol–water partition coefficient (Wildman–Crippen LogP) is 5.97. The van der Waals surface area contributed by atoms with E-state index in [1.165, 1.54) is 19.2 Å². The lowest BCUT2D eigenvalue weighted by atomic mass is 9.96. The molecule has 0 aliphatic heterocycles. The number of carbonyl (C=O) groups is 2. The summed E-state index contributed by atoms with van der Waals surface area (Å²) in [7, 11) is 3.32. The first-order valence-corrected chi connectivity index (χ1v) is 11.1. The molecule has 3 aromatic carbocycles. The number of ether oxygens (including phenoxy) is 1. The summed E-state index contributed by atoms with van der Waals surface area (Å²) in [6.45, 7) is 0. The van der Waals surface area contributed by atoms with Gasteiger partial charge in [-0.15, -0.1) is 0 Å². The fourth-order valence-electron chi connectivity index (χ4n) is 3.96. The molecule has 1 aromatic heterocycles. The number of nitrogens with zero attached hydrogens (tertiary/aromatic N) is 2. The summed E-state index contributed by atoms with van der Waals surface area (Å²) in [5, 5.41) is 4.16. The van der Waals surface area contributed by atoms with Gasteiger partial charge >= 0.3 is 6.18 Å². The van der Waals surface area contributed by atoms with E-state index in [9.17, 15) is 22.8 Å². The number of aromatic nitrogens is 2. The van der Waals surface area contributed by atoms with Crippen molar-refractivity contribution in [3.8, 4) is 16.9 Å². The average molecular weight is 492 g/mol. The van der Waals surface area contributed by atoms with Crippen LogP contribution in [-0.2, 0) is 26.1 Å². The molecule has 0 saturated carbocycles. The van der Waals surface area contributed by atoms with Crippen molar-refractivity contribution in [3.63, 3.8) is 0 Å². The van der Waals surface area contributed by atoms with E-state index in [0.717, 1.165) is 23.3 Å². The lowest BCUT2D eigenvalue weighted by Crippen LogP contribution is -2.09. The number of Topliss-reactive ketones (excluding diaryl/α,β-unsaturated/α-hetero) is 2. The van der Waals surface area contributed by atoms with Crippen molar-refractivity contribution in [1.29, 1.82) is 0 Å². The van der Waals surface area contributed by atoms with E-state index in [2.05, 4.69) is 5.10 Å². The number of alkyl halides is 3. The molecule has 1 heterocycles. The van der Waals surface area contributed by atoms with Gasteiger partial charge in [0.05, 0.1) is 24.4 Å². The first-order chi connectivity index (χ1) is 17.1. The van der Waals surface area contributed by atoms with Gasteiger partial charge in [0.25, 0.3) is 0 Å². The molecule has 4 aromatic rings. The third-order valence-corrected chi connectivity index (χ3v) is 5.77. The van der Waals surface area contributed by atoms with Crippen LogP contribution in [0.1, 0.15) is 37.4 Å². The lowest BCUT2D eigenvalue weighted by molar-refractivity contribution is -0.137. The molecule has 0 unspecified atom stereocenters. The lowest BCUT2D eigenvalue weighted by Gasteiger charge is -2.11. The van der Waals surface area contributed by atoms with E-state index in [0.29, 0.717) is 22.4 Å². The van der Waals surface area contributed by atoms with Gasteiger partial charge in [-0.1, -0.05) is 42.5 Å². The maximum absolute atomic E-state index is 13.1. The maximum atomic E-state index is 13.1. The Morgan fingerprint density at radius 1 is 0.889 bits per heavy atom. The number of rotatable bonds is 8. The highest BCUT2D eigenvalue weighted by atomic mass is 19.4. The van der Waals surface area contributed by atoms with Crippen molar-refractivity contribution in [3.05, 3.63) is 107 Å². The van der Waals surface area contributed by atoms with Crippen molar-refractivity contribution in [1.82, 2.24) is 9.78 Å². The number of carbonyl (C=O) groups excluding carboxylic acids is 2. The number of halogens is 3. The predicted molar refractivity (Wildman–Crippen MR) is 129 cm³/mol. The molecule has 0 amide bonds. The monoisotopic (exact) mass is 492 g/mol. The van der Waals surface area contributed by atoms with Gasteiger partial charge in [0, 0.05) is 37.2 Å². The summed E-state index contributed by atoms with van der Waals surface area (Å²) in [4.78, 5) is 25.7. The molecule has 0 N–H and O–H groups in total. The van der Waals surface area contributed by atoms with Crippen LogP contribution in [-0.4, -0.2) is 28.5 Å². The molecular formula is C28H23F3N2O3. The minimum absolute atomic E-state index is 0.00949. The van der Waals surface area contributed by atoms with Gasteiger partial charge in [-0.3, -0.25) is 14.3 Å². The summed E-state index contributed by atoms with van der Waals surface area (Å²) in [6, 6.07) is 16.6. The third kappa shape index (κ3) is 5.71. The second-order valence-corrected chi connectivity index (χ2v) is 8.42. The van der Waals surface area contributed by atoms with Crippen LogP contribution in [0.5, 0.6) is 5.75 Å². The number of ketones is 2. The largest absolute Gasteiger partial charge is 0.496 e. The van der Waals surface area contributed by atoms with Crippen LogP contribution in [0.15, 0.2) is 79.1 Å². The van der Waals surface area contributed by atoms with E-state index in [-0.39, 0.29) is 24.2 Å². The second-order valence-electron chi connectivity index (χ2n) is 8.42. The molecule has 0 bridgehead atoms. The zero-order valence-corrected chi connectivity index (χ0v) is 19.7. The zero-order chi connectivity index (χ0) is 25.9. The molecule has 5 nitrogen and oxygen atoms in total. The summed E-state index contributed by atoms with van der Waals surface area (Å²) in [5.74, 6) is -0.152. The summed E-state index contributed by atoms with van der Waals surface area (Å²) >= 11 is 0. The Balaban J connectivity index is 1.49. The first-order valence-electron chi connectivity index (χ1n) is 11.1. The summed E-state index contributed by atoms with van der Waals surface area (Å²) < 4.78 is 46.1. The fourth-order valence-corrected chi connectivity index (χ4v) is 3.96. The van der Waals surface area contributed by atoms with Crippen LogP contribution in [0.2, 0.25) is 0 Å². The molecule has 0 aliphatic carbocycles.